The Hall–Kier alpha value is -1.59. The van der Waals surface area contributed by atoms with Crippen molar-refractivity contribution < 1.29 is 24.4 Å². The summed E-state index contributed by atoms with van der Waals surface area (Å²) >= 11 is 0. The van der Waals surface area contributed by atoms with Crippen molar-refractivity contribution in [2.75, 3.05) is 20.8 Å². The molecule has 1 aromatic carbocycles. The highest BCUT2D eigenvalue weighted by atomic mass is 17.2. The lowest BCUT2D eigenvalue weighted by Crippen LogP contribution is -2.08. The molecule has 1 N–H and O–H groups in total. The van der Waals surface area contributed by atoms with Crippen LogP contribution in [0.2, 0.25) is 0 Å². The van der Waals surface area contributed by atoms with Crippen molar-refractivity contribution in [2.45, 2.75) is 19.8 Å². The lowest BCUT2D eigenvalue weighted by molar-refractivity contribution is -0.216. The van der Waals surface area contributed by atoms with Crippen LogP contribution >= 0.6 is 0 Å². The van der Waals surface area contributed by atoms with Crippen molar-refractivity contribution in [3.05, 3.63) is 28.8 Å². The molecule has 0 aliphatic carbocycles. The monoisotopic (exact) mass is 254 g/mol. The number of ether oxygens (including phenoxy) is 1. The van der Waals surface area contributed by atoms with Gasteiger partial charge < -0.3 is 9.84 Å². The molecule has 0 aliphatic rings. The van der Waals surface area contributed by atoms with E-state index >= 15 is 0 Å². The van der Waals surface area contributed by atoms with Crippen LogP contribution in [0.3, 0.4) is 0 Å². The maximum Gasteiger partial charge on any atom is 0.376 e. The molecule has 0 aromatic heterocycles. The molecule has 0 fully saturated rings. The Balaban J connectivity index is 3.10. The maximum absolute atomic E-state index is 11.7. The Bertz CT molecular complexity index is 414. The van der Waals surface area contributed by atoms with Crippen molar-refractivity contribution in [2.24, 2.45) is 0 Å². The third-order valence-corrected chi connectivity index (χ3v) is 2.54. The van der Waals surface area contributed by atoms with Gasteiger partial charge in [0.1, 0.15) is 11.3 Å². The normalized spacial score (nSPS) is 10.2. The molecule has 0 bridgehead atoms. The van der Waals surface area contributed by atoms with Crippen LogP contribution in [0.15, 0.2) is 12.1 Å². The molecule has 5 heteroatoms. The first kappa shape index (κ1) is 14.5. The number of methoxy groups -OCH3 is 1. The Kier molecular flexibility index (Phi) is 5.61. The number of rotatable bonds is 6. The van der Waals surface area contributed by atoms with E-state index in [1.165, 1.54) is 14.2 Å². The number of aryl methyl sites for hydroxylation is 2. The summed E-state index contributed by atoms with van der Waals surface area (Å²) in [4.78, 5) is 20.6. The Morgan fingerprint density at radius 3 is 2.61 bits per heavy atom. The average Bonchev–Trinajstić information content (AvgIpc) is 2.35. The predicted octanol–water partition coefficient (Wildman–Crippen LogP) is 1.65. The molecule has 18 heavy (non-hydrogen) atoms. The van der Waals surface area contributed by atoms with Gasteiger partial charge in [0.2, 0.25) is 0 Å². The van der Waals surface area contributed by atoms with E-state index in [2.05, 4.69) is 9.78 Å². The van der Waals surface area contributed by atoms with Crippen LogP contribution in [0, 0.1) is 6.92 Å². The van der Waals surface area contributed by atoms with E-state index in [1.54, 1.807) is 6.07 Å². The lowest BCUT2D eigenvalue weighted by atomic mass is 10.0. The van der Waals surface area contributed by atoms with E-state index in [-0.39, 0.29) is 6.61 Å². The number of carbonyl (C=O) groups is 1. The largest absolute Gasteiger partial charge is 0.496 e. The summed E-state index contributed by atoms with van der Waals surface area (Å²) in [5.74, 6) is -0.118. The van der Waals surface area contributed by atoms with E-state index in [4.69, 9.17) is 9.84 Å². The average molecular weight is 254 g/mol. The van der Waals surface area contributed by atoms with Crippen LogP contribution in [0.25, 0.3) is 0 Å². The Morgan fingerprint density at radius 1 is 1.33 bits per heavy atom. The number of carbonyl (C=O) groups excluding carboxylic acids is 1. The van der Waals surface area contributed by atoms with E-state index in [0.717, 1.165) is 11.1 Å². The Labute approximate surface area is 106 Å². The minimum Gasteiger partial charge on any atom is -0.496 e. The fourth-order valence-corrected chi connectivity index (χ4v) is 1.82. The molecule has 0 saturated carbocycles. The van der Waals surface area contributed by atoms with Crippen molar-refractivity contribution in [3.63, 3.8) is 0 Å². The summed E-state index contributed by atoms with van der Waals surface area (Å²) in [5, 5.41) is 8.82. The fourth-order valence-electron chi connectivity index (χ4n) is 1.82. The summed E-state index contributed by atoms with van der Waals surface area (Å²) in [6.45, 7) is 1.97. The van der Waals surface area contributed by atoms with Crippen molar-refractivity contribution in [3.8, 4) is 5.75 Å². The molecule has 0 heterocycles. The first-order chi connectivity index (χ1) is 8.63. The van der Waals surface area contributed by atoms with E-state index < -0.39 is 5.97 Å². The smallest absolute Gasteiger partial charge is 0.376 e. The van der Waals surface area contributed by atoms with Gasteiger partial charge >= 0.3 is 5.97 Å². The molecule has 0 amide bonds. The van der Waals surface area contributed by atoms with Crippen LogP contribution in [0.4, 0.5) is 0 Å². The van der Waals surface area contributed by atoms with Gasteiger partial charge in [0.15, 0.2) is 0 Å². The minimum absolute atomic E-state index is 0.114. The molecule has 0 spiro atoms. The second-order valence-electron chi connectivity index (χ2n) is 3.86. The highest BCUT2D eigenvalue weighted by molar-refractivity contribution is 5.93. The molecular formula is C13H18O5. The standard InChI is InChI=1S/C13H18O5/c1-9-7-10(5-4-6-14)8-11(12(9)16-2)13(15)18-17-3/h7-8,14H,4-6H2,1-3H3. The Morgan fingerprint density at radius 2 is 2.06 bits per heavy atom. The van der Waals surface area contributed by atoms with Gasteiger partial charge in [-0.1, -0.05) is 6.07 Å². The predicted molar refractivity (Wildman–Crippen MR) is 65.6 cm³/mol. The second-order valence-corrected chi connectivity index (χ2v) is 3.86. The summed E-state index contributed by atoms with van der Waals surface area (Å²) < 4.78 is 5.20. The zero-order valence-corrected chi connectivity index (χ0v) is 10.9. The highest BCUT2D eigenvalue weighted by Gasteiger charge is 2.17. The van der Waals surface area contributed by atoms with Gasteiger partial charge in [-0.05, 0) is 37.0 Å². The minimum atomic E-state index is -0.594. The summed E-state index contributed by atoms with van der Waals surface area (Å²) in [6, 6.07) is 3.63. The SMILES string of the molecule is COOC(=O)c1cc(CCCO)cc(C)c1OC. The summed E-state index contributed by atoms with van der Waals surface area (Å²) in [6.07, 6.45) is 1.33. The molecule has 1 aromatic rings. The van der Waals surface area contributed by atoms with Crippen LogP contribution in [0.5, 0.6) is 5.75 Å². The van der Waals surface area contributed by atoms with Crippen LogP contribution in [-0.2, 0) is 16.2 Å². The first-order valence-electron chi connectivity index (χ1n) is 5.67. The van der Waals surface area contributed by atoms with Crippen molar-refractivity contribution >= 4 is 5.97 Å². The molecule has 0 unspecified atom stereocenters. The lowest BCUT2D eigenvalue weighted by Gasteiger charge is -2.12. The van der Waals surface area contributed by atoms with Gasteiger partial charge in [0.05, 0.1) is 14.2 Å². The number of aliphatic hydroxyl groups excluding tert-OH is 1. The molecule has 5 nitrogen and oxygen atoms in total. The first-order valence-corrected chi connectivity index (χ1v) is 5.67. The highest BCUT2D eigenvalue weighted by Crippen LogP contribution is 2.26. The zero-order chi connectivity index (χ0) is 13.5. The topological polar surface area (TPSA) is 65.0 Å². The zero-order valence-electron chi connectivity index (χ0n) is 10.9. The maximum atomic E-state index is 11.7. The van der Waals surface area contributed by atoms with Crippen LogP contribution < -0.4 is 4.74 Å². The van der Waals surface area contributed by atoms with Gasteiger partial charge in [-0.3, -0.25) is 4.89 Å². The molecule has 1 rings (SSSR count). The van der Waals surface area contributed by atoms with Gasteiger partial charge in [0, 0.05) is 6.61 Å². The van der Waals surface area contributed by atoms with Gasteiger partial charge in [-0.15, -0.1) is 0 Å². The quantitative estimate of drug-likeness (QED) is 0.617. The third-order valence-electron chi connectivity index (χ3n) is 2.54. The van der Waals surface area contributed by atoms with E-state index in [1.807, 2.05) is 13.0 Å². The molecule has 0 atom stereocenters. The summed E-state index contributed by atoms with van der Waals surface area (Å²) in [5.41, 5.74) is 2.12. The number of hydrogen-bond donors (Lipinski definition) is 1. The fraction of sp³-hybridized carbons (Fsp3) is 0.462. The van der Waals surface area contributed by atoms with Gasteiger partial charge in [0.25, 0.3) is 0 Å². The van der Waals surface area contributed by atoms with Crippen molar-refractivity contribution in [1.29, 1.82) is 0 Å². The number of benzene rings is 1. The van der Waals surface area contributed by atoms with Crippen LogP contribution in [0.1, 0.15) is 27.9 Å². The van der Waals surface area contributed by atoms with Gasteiger partial charge in [-0.2, -0.15) is 4.89 Å². The third kappa shape index (κ3) is 3.45. The summed E-state index contributed by atoms with van der Waals surface area (Å²) in [7, 11) is 2.77. The molecular weight excluding hydrogens is 236 g/mol. The molecule has 100 valence electrons. The molecule has 0 saturated heterocycles. The number of hydrogen-bond acceptors (Lipinski definition) is 5. The van der Waals surface area contributed by atoms with Gasteiger partial charge in [-0.25, -0.2) is 4.79 Å². The second kappa shape index (κ2) is 6.98. The molecule has 0 aliphatic heterocycles. The number of aliphatic hydroxyl groups is 1. The van der Waals surface area contributed by atoms with Crippen molar-refractivity contribution in [1.82, 2.24) is 0 Å². The molecule has 0 radical (unpaired) electrons. The van der Waals surface area contributed by atoms with Crippen LogP contribution in [-0.4, -0.2) is 31.9 Å². The van der Waals surface area contributed by atoms with E-state index in [0.29, 0.717) is 24.2 Å². The van der Waals surface area contributed by atoms with E-state index in [9.17, 15) is 4.79 Å².